The minimum absolute atomic E-state index is 0.177. The molecule has 0 bridgehead atoms. The van der Waals surface area contributed by atoms with E-state index < -0.39 is 0 Å². The number of carbonyl (C=O) groups is 2. The fourth-order valence-electron chi connectivity index (χ4n) is 1.96. The maximum Gasteiger partial charge on any atom is 0.224 e. The highest BCUT2D eigenvalue weighted by atomic mass is 35.5. The average Bonchev–Trinajstić information content (AvgIpc) is 2.52. The molecule has 4 nitrogen and oxygen atoms in total. The van der Waals surface area contributed by atoms with E-state index in [1.54, 1.807) is 48.5 Å². The fourth-order valence-corrected chi connectivity index (χ4v) is 2.33. The molecule has 0 atom stereocenters. The number of nitrogens with one attached hydrogen (secondary N) is 2. The smallest absolute Gasteiger partial charge is 0.224 e. The molecule has 0 spiro atoms. The second-order valence-corrected chi connectivity index (χ2v) is 5.72. The Morgan fingerprint density at radius 2 is 1.13 bits per heavy atom. The Bertz CT molecular complexity index is 645. The number of benzene rings is 2. The molecule has 0 aromatic heterocycles. The van der Waals surface area contributed by atoms with Crippen LogP contribution in [0.1, 0.15) is 19.3 Å². The van der Waals surface area contributed by atoms with Gasteiger partial charge < -0.3 is 10.6 Å². The highest BCUT2D eigenvalue weighted by Crippen LogP contribution is 2.22. The lowest BCUT2D eigenvalue weighted by molar-refractivity contribution is -0.117. The molecule has 120 valence electrons. The van der Waals surface area contributed by atoms with E-state index in [1.165, 1.54) is 0 Å². The first-order valence-corrected chi connectivity index (χ1v) is 7.90. The van der Waals surface area contributed by atoms with Gasteiger partial charge in [0.2, 0.25) is 11.8 Å². The zero-order valence-electron chi connectivity index (χ0n) is 12.3. The fraction of sp³-hybridized carbons (Fsp3) is 0.176. The summed E-state index contributed by atoms with van der Waals surface area (Å²) in [7, 11) is 0. The van der Waals surface area contributed by atoms with Gasteiger partial charge in [0, 0.05) is 12.8 Å². The highest BCUT2D eigenvalue weighted by Gasteiger charge is 2.08. The van der Waals surface area contributed by atoms with Gasteiger partial charge in [-0.3, -0.25) is 9.59 Å². The van der Waals surface area contributed by atoms with Gasteiger partial charge in [0.15, 0.2) is 0 Å². The Kier molecular flexibility index (Phi) is 6.44. The van der Waals surface area contributed by atoms with Crippen LogP contribution in [0.5, 0.6) is 0 Å². The van der Waals surface area contributed by atoms with Gasteiger partial charge in [-0.15, -0.1) is 0 Å². The average molecular weight is 351 g/mol. The lowest BCUT2D eigenvalue weighted by Gasteiger charge is -2.08. The molecular weight excluding hydrogens is 335 g/mol. The number of para-hydroxylation sites is 2. The van der Waals surface area contributed by atoms with Crippen molar-refractivity contribution < 1.29 is 9.59 Å². The molecule has 6 heteroatoms. The van der Waals surface area contributed by atoms with E-state index in [0.717, 1.165) is 0 Å². The van der Waals surface area contributed by atoms with Crippen molar-refractivity contribution in [1.29, 1.82) is 0 Å². The summed E-state index contributed by atoms with van der Waals surface area (Å²) in [5, 5.41) is 6.41. The molecule has 2 aromatic carbocycles. The predicted octanol–water partition coefficient (Wildman–Crippen LogP) is 4.74. The van der Waals surface area contributed by atoms with E-state index in [9.17, 15) is 9.59 Å². The molecular formula is C17H16Cl2N2O2. The van der Waals surface area contributed by atoms with Crippen LogP contribution in [0.25, 0.3) is 0 Å². The minimum atomic E-state index is -0.177. The number of rotatable bonds is 6. The van der Waals surface area contributed by atoms with E-state index in [0.29, 0.717) is 27.8 Å². The molecule has 0 unspecified atom stereocenters. The molecule has 0 radical (unpaired) electrons. The molecule has 0 fully saturated rings. The second-order valence-electron chi connectivity index (χ2n) is 4.91. The van der Waals surface area contributed by atoms with Crippen LogP contribution in [-0.2, 0) is 9.59 Å². The van der Waals surface area contributed by atoms with E-state index in [1.807, 2.05) is 0 Å². The lowest BCUT2D eigenvalue weighted by Crippen LogP contribution is -2.15. The monoisotopic (exact) mass is 350 g/mol. The number of anilines is 2. The van der Waals surface area contributed by atoms with Crippen LogP contribution in [0.2, 0.25) is 10.0 Å². The normalized spacial score (nSPS) is 10.2. The molecule has 2 amide bonds. The van der Waals surface area contributed by atoms with Gasteiger partial charge >= 0.3 is 0 Å². The molecule has 0 aliphatic carbocycles. The van der Waals surface area contributed by atoms with Crippen molar-refractivity contribution in [2.75, 3.05) is 10.6 Å². The minimum Gasteiger partial charge on any atom is -0.325 e. The highest BCUT2D eigenvalue weighted by molar-refractivity contribution is 6.34. The third kappa shape index (κ3) is 5.58. The van der Waals surface area contributed by atoms with Crippen molar-refractivity contribution in [3.05, 3.63) is 58.6 Å². The summed E-state index contributed by atoms with van der Waals surface area (Å²) in [5.41, 5.74) is 1.14. The SMILES string of the molecule is O=C(CCCC(=O)Nc1ccccc1Cl)Nc1ccccc1Cl. The molecule has 0 saturated carbocycles. The van der Waals surface area contributed by atoms with Crippen molar-refractivity contribution in [2.24, 2.45) is 0 Å². The maximum absolute atomic E-state index is 11.8. The Hall–Kier alpha value is -2.04. The zero-order valence-corrected chi connectivity index (χ0v) is 13.8. The van der Waals surface area contributed by atoms with Crippen LogP contribution in [0.15, 0.2) is 48.5 Å². The van der Waals surface area contributed by atoms with Crippen molar-refractivity contribution in [3.63, 3.8) is 0 Å². The van der Waals surface area contributed by atoms with Crippen LogP contribution in [-0.4, -0.2) is 11.8 Å². The zero-order chi connectivity index (χ0) is 16.7. The van der Waals surface area contributed by atoms with Gasteiger partial charge in [0.05, 0.1) is 21.4 Å². The van der Waals surface area contributed by atoms with E-state index in [-0.39, 0.29) is 24.7 Å². The molecule has 2 rings (SSSR count). The largest absolute Gasteiger partial charge is 0.325 e. The molecule has 0 aliphatic heterocycles. The Labute approximate surface area is 144 Å². The summed E-state index contributed by atoms with van der Waals surface area (Å²) >= 11 is 11.9. The third-order valence-electron chi connectivity index (χ3n) is 3.10. The number of carbonyl (C=O) groups excluding carboxylic acids is 2. The molecule has 0 heterocycles. The predicted molar refractivity (Wildman–Crippen MR) is 94.0 cm³/mol. The Morgan fingerprint density at radius 3 is 1.52 bits per heavy atom. The topological polar surface area (TPSA) is 58.2 Å². The Morgan fingerprint density at radius 1 is 0.739 bits per heavy atom. The number of hydrogen-bond acceptors (Lipinski definition) is 2. The van der Waals surface area contributed by atoms with E-state index >= 15 is 0 Å². The number of hydrogen-bond donors (Lipinski definition) is 2. The third-order valence-corrected chi connectivity index (χ3v) is 3.76. The maximum atomic E-state index is 11.8. The molecule has 2 N–H and O–H groups in total. The molecule has 23 heavy (non-hydrogen) atoms. The second kappa shape index (κ2) is 8.56. The molecule has 0 saturated heterocycles. The summed E-state index contributed by atoms with van der Waals surface area (Å²) in [6.07, 6.45) is 0.912. The molecule has 0 aliphatic rings. The van der Waals surface area contributed by atoms with Gasteiger partial charge in [0.25, 0.3) is 0 Å². The van der Waals surface area contributed by atoms with Crippen LogP contribution >= 0.6 is 23.2 Å². The van der Waals surface area contributed by atoms with Crippen LogP contribution < -0.4 is 10.6 Å². The number of amides is 2. The first kappa shape index (κ1) is 17.3. The van der Waals surface area contributed by atoms with Crippen molar-refractivity contribution in [1.82, 2.24) is 0 Å². The summed E-state index contributed by atoms with van der Waals surface area (Å²) in [6.45, 7) is 0. The van der Waals surface area contributed by atoms with Crippen LogP contribution in [0.3, 0.4) is 0 Å². The van der Waals surface area contributed by atoms with Crippen molar-refractivity contribution in [3.8, 4) is 0 Å². The van der Waals surface area contributed by atoms with Gasteiger partial charge in [-0.05, 0) is 30.7 Å². The van der Waals surface area contributed by atoms with E-state index in [2.05, 4.69) is 10.6 Å². The first-order valence-electron chi connectivity index (χ1n) is 7.15. The van der Waals surface area contributed by atoms with Gasteiger partial charge in [-0.25, -0.2) is 0 Å². The number of halogens is 2. The quantitative estimate of drug-likeness (QED) is 0.790. The van der Waals surface area contributed by atoms with Gasteiger partial charge in [0.1, 0.15) is 0 Å². The Balaban J connectivity index is 1.74. The van der Waals surface area contributed by atoms with Crippen LogP contribution in [0.4, 0.5) is 11.4 Å². The summed E-state index contributed by atoms with van der Waals surface area (Å²) in [6, 6.07) is 14.0. The summed E-state index contributed by atoms with van der Waals surface area (Å²) in [5.74, 6) is -0.354. The van der Waals surface area contributed by atoms with E-state index in [4.69, 9.17) is 23.2 Å². The summed E-state index contributed by atoms with van der Waals surface area (Å²) in [4.78, 5) is 23.7. The van der Waals surface area contributed by atoms with Crippen molar-refractivity contribution >= 4 is 46.4 Å². The van der Waals surface area contributed by atoms with Gasteiger partial charge in [-0.1, -0.05) is 47.5 Å². The van der Waals surface area contributed by atoms with Crippen LogP contribution in [0, 0.1) is 0 Å². The van der Waals surface area contributed by atoms with Gasteiger partial charge in [-0.2, -0.15) is 0 Å². The first-order chi connectivity index (χ1) is 11.1. The molecule has 2 aromatic rings. The standard InChI is InChI=1S/C17H16Cl2N2O2/c18-12-6-1-3-8-14(12)20-16(22)10-5-11-17(23)21-15-9-4-2-7-13(15)19/h1-4,6-9H,5,10-11H2,(H,20,22)(H,21,23). The summed E-state index contributed by atoms with van der Waals surface area (Å²) < 4.78 is 0. The lowest BCUT2D eigenvalue weighted by atomic mass is 10.2. The van der Waals surface area contributed by atoms with Crippen molar-refractivity contribution in [2.45, 2.75) is 19.3 Å².